The molecule has 3 N–H and O–H groups in total. The van der Waals surface area contributed by atoms with Gasteiger partial charge in [-0.1, -0.05) is 12.1 Å². The van der Waals surface area contributed by atoms with Crippen LogP contribution in [0.2, 0.25) is 0 Å². The first kappa shape index (κ1) is 11.3. The first-order chi connectivity index (χ1) is 9.09. The van der Waals surface area contributed by atoms with Crippen molar-refractivity contribution in [2.75, 3.05) is 10.6 Å². The topological polar surface area (TPSA) is 83.6 Å². The van der Waals surface area contributed by atoms with Gasteiger partial charge < -0.3 is 10.8 Å². The summed E-state index contributed by atoms with van der Waals surface area (Å²) in [7, 11) is 0. The summed E-state index contributed by atoms with van der Waals surface area (Å²) >= 11 is 0. The van der Waals surface area contributed by atoms with Gasteiger partial charge in [-0.05, 0) is 24.3 Å². The van der Waals surface area contributed by atoms with E-state index in [0.29, 0.717) is 16.8 Å². The molecular formula is C14H10N2O3. The van der Waals surface area contributed by atoms with Crippen molar-refractivity contribution in [2.24, 2.45) is 0 Å². The number of nitrogens with two attached hydrogens (primary N) is 1. The Bertz CT molecular complexity index is 675. The van der Waals surface area contributed by atoms with Crippen molar-refractivity contribution in [1.82, 2.24) is 0 Å². The van der Waals surface area contributed by atoms with E-state index < -0.39 is 11.8 Å². The number of carbonyl (C=O) groups excluding carboxylic acids is 2. The SMILES string of the molecule is Nc1ccc(N2C(=O)c3ccccc3C2=O)c(O)c1. The van der Waals surface area contributed by atoms with Crippen LogP contribution < -0.4 is 10.6 Å². The van der Waals surface area contributed by atoms with Crippen LogP contribution in [0.1, 0.15) is 20.7 Å². The van der Waals surface area contributed by atoms with E-state index in [9.17, 15) is 14.7 Å². The van der Waals surface area contributed by atoms with Gasteiger partial charge in [-0.2, -0.15) is 0 Å². The molecule has 5 heteroatoms. The lowest BCUT2D eigenvalue weighted by Crippen LogP contribution is -2.29. The van der Waals surface area contributed by atoms with E-state index in [4.69, 9.17) is 5.73 Å². The highest BCUT2D eigenvalue weighted by molar-refractivity contribution is 6.34. The summed E-state index contributed by atoms with van der Waals surface area (Å²) in [4.78, 5) is 25.4. The normalized spacial score (nSPS) is 13.8. The van der Waals surface area contributed by atoms with Gasteiger partial charge in [0.05, 0.1) is 16.8 Å². The Morgan fingerprint density at radius 1 is 0.947 bits per heavy atom. The lowest BCUT2D eigenvalue weighted by molar-refractivity contribution is 0.0925. The number of carbonyl (C=O) groups is 2. The monoisotopic (exact) mass is 254 g/mol. The minimum Gasteiger partial charge on any atom is -0.506 e. The molecule has 2 aromatic carbocycles. The summed E-state index contributed by atoms with van der Waals surface area (Å²) in [6.45, 7) is 0. The molecule has 0 saturated heterocycles. The number of phenolic OH excluding ortho intramolecular Hbond substituents is 1. The lowest BCUT2D eigenvalue weighted by Gasteiger charge is -2.15. The summed E-state index contributed by atoms with van der Waals surface area (Å²) < 4.78 is 0. The molecule has 0 atom stereocenters. The van der Waals surface area contributed by atoms with Gasteiger partial charge in [0.2, 0.25) is 0 Å². The predicted molar refractivity (Wildman–Crippen MR) is 70.1 cm³/mol. The number of aromatic hydroxyl groups is 1. The molecule has 0 spiro atoms. The van der Waals surface area contributed by atoms with Gasteiger partial charge in [-0.15, -0.1) is 0 Å². The average molecular weight is 254 g/mol. The van der Waals surface area contributed by atoms with Gasteiger partial charge in [0.25, 0.3) is 11.8 Å². The second-order valence-corrected chi connectivity index (χ2v) is 4.24. The third-order valence-electron chi connectivity index (χ3n) is 3.03. The standard InChI is InChI=1S/C14H10N2O3/c15-8-5-6-11(12(17)7-8)16-13(18)9-3-1-2-4-10(9)14(16)19/h1-7,17H,15H2. The van der Waals surface area contributed by atoms with Crippen LogP contribution in [0.3, 0.4) is 0 Å². The van der Waals surface area contributed by atoms with Crippen molar-refractivity contribution in [3.8, 4) is 5.75 Å². The molecule has 1 aliphatic heterocycles. The molecule has 0 saturated carbocycles. The molecular weight excluding hydrogens is 244 g/mol. The van der Waals surface area contributed by atoms with Gasteiger partial charge in [-0.3, -0.25) is 9.59 Å². The van der Waals surface area contributed by atoms with Crippen LogP contribution in [0, 0.1) is 0 Å². The van der Waals surface area contributed by atoms with Crippen molar-refractivity contribution in [1.29, 1.82) is 0 Å². The summed E-state index contributed by atoms with van der Waals surface area (Å²) in [5, 5.41) is 9.84. The van der Waals surface area contributed by atoms with Crippen LogP contribution in [0.15, 0.2) is 42.5 Å². The molecule has 0 unspecified atom stereocenters. The Morgan fingerprint density at radius 2 is 1.53 bits per heavy atom. The molecule has 19 heavy (non-hydrogen) atoms. The van der Waals surface area contributed by atoms with Crippen molar-refractivity contribution in [3.05, 3.63) is 53.6 Å². The van der Waals surface area contributed by atoms with E-state index in [2.05, 4.69) is 0 Å². The highest BCUT2D eigenvalue weighted by Crippen LogP contribution is 2.35. The minimum absolute atomic E-state index is 0.139. The lowest BCUT2D eigenvalue weighted by atomic mass is 10.1. The molecule has 5 nitrogen and oxygen atoms in total. The smallest absolute Gasteiger partial charge is 0.266 e. The van der Waals surface area contributed by atoms with Crippen LogP contribution in [-0.4, -0.2) is 16.9 Å². The molecule has 3 rings (SSSR count). The molecule has 1 heterocycles. The van der Waals surface area contributed by atoms with Gasteiger partial charge in [-0.25, -0.2) is 4.90 Å². The molecule has 0 fully saturated rings. The van der Waals surface area contributed by atoms with E-state index in [0.717, 1.165) is 4.90 Å². The van der Waals surface area contributed by atoms with Gasteiger partial charge in [0, 0.05) is 11.8 Å². The Labute approximate surface area is 108 Å². The quantitative estimate of drug-likeness (QED) is 0.600. The number of imide groups is 1. The number of nitrogens with zero attached hydrogens (tertiary/aromatic N) is 1. The first-order valence-corrected chi connectivity index (χ1v) is 5.66. The zero-order valence-corrected chi connectivity index (χ0v) is 9.83. The van der Waals surface area contributed by atoms with Gasteiger partial charge in [0.15, 0.2) is 0 Å². The van der Waals surface area contributed by atoms with Gasteiger partial charge >= 0.3 is 0 Å². The largest absolute Gasteiger partial charge is 0.506 e. The predicted octanol–water partition coefficient (Wildman–Crippen LogP) is 1.77. The van der Waals surface area contributed by atoms with Crippen LogP contribution in [0.25, 0.3) is 0 Å². The van der Waals surface area contributed by atoms with Crippen LogP contribution in [0.5, 0.6) is 5.75 Å². The van der Waals surface area contributed by atoms with E-state index in [1.807, 2.05) is 0 Å². The summed E-state index contributed by atoms with van der Waals surface area (Å²) in [5.74, 6) is -1.09. The zero-order chi connectivity index (χ0) is 13.6. The fourth-order valence-corrected chi connectivity index (χ4v) is 2.14. The fourth-order valence-electron chi connectivity index (χ4n) is 2.14. The number of fused-ring (bicyclic) bond motifs is 1. The molecule has 0 radical (unpaired) electrons. The van der Waals surface area contributed by atoms with E-state index in [1.165, 1.54) is 18.2 Å². The maximum Gasteiger partial charge on any atom is 0.266 e. The third kappa shape index (κ3) is 1.55. The molecule has 94 valence electrons. The number of anilines is 2. The number of rotatable bonds is 1. The number of phenols is 1. The van der Waals surface area contributed by atoms with Gasteiger partial charge in [0.1, 0.15) is 5.75 Å². The maximum absolute atomic E-state index is 12.2. The fraction of sp³-hybridized carbons (Fsp3) is 0. The third-order valence-corrected chi connectivity index (χ3v) is 3.03. The number of amides is 2. The van der Waals surface area contributed by atoms with Crippen molar-refractivity contribution in [2.45, 2.75) is 0 Å². The minimum atomic E-state index is -0.444. The second kappa shape index (κ2) is 3.84. The Morgan fingerprint density at radius 3 is 2.05 bits per heavy atom. The van der Waals surface area contributed by atoms with Crippen LogP contribution in [-0.2, 0) is 0 Å². The van der Waals surface area contributed by atoms with Crippen LogP contribution in [0.4, 0.5) is 11.4 Å². The molecule has 1 aliphatic rings. The van der Waals surface area contributed by atoms with E-state index in [-0.39, 0.29) is 11.4 Å². The maximum atomic E-state index is 12.2. The molecule has 0 bridgehead atoms. The van der Waals surface area contributed by atoms with Crippen molar-refractivity contribution < 1.29 is 14.7 Å². The highest BCUT2D eigenvalue weighted by atomic mass is 16.3. The molecule has 2 amide bonds. The highest BCUT2D eigenvalue weighted by Gasteiger charge is 2.37. The Kier molecular flexibility index (Phi) is 2.28. The first-order valence-electron chi connectivity index (χ1n) is 5.66. The number of hydrogen-bond donors (Lipinski definition) is 2. The zero-order valence-electron chi connectivity index (χ0n) is 9.83. The summed E-state index contributed by atoms with van der Waals surface area (Å²) in [6.07, 6.45) is 0. The van der Waals surface area contributed by atoms with Crippen molar-refractivity contribution >= 4 is 23.2 Å². The van der Waals surface area contributed by atoms with E-state index >= 15 is 0 Å². The molecule has 0 aromatic heterocycles. The average Bonchev–Trinajstić information content (AvgIpc) is 2.64. The van der Waals surface area contributed by atoms with E-state index in [1.54, 1.807) is 24.3 Å². The summed E-state index contributed by atoms with van der Waals surface area (Å²) in [6, 6.07) is 10.8. The Hall–Kier alpha value is -2.82. The molecule has 2 aromatic rings. The Balaban J connectivity index is 2.14. The number of hydrogen-bond acceptors (Lipinski definition) is 4. The summed E-state index contributed by atoms with van der Waals surface area (Å²) in [5.41, 5.74) is 6.70. The second-order valence-electron chi connectivity index (χ2n) is 4.24. The number of benzene rings is 2. The van der Waals surface area contributed by atoms with Crippen LogP contribution >= 0.6 is 0 Å². The van der Waals surface area contributed by atoms with Crippen molar-refractivity contribution in [3.63, 3.8) is 0 Å². The molecule has 0 aliphatic carbocycles. The number of nitrogen functional groups attached to an aromatic ring is 1.